The smallest absolute Gasteiger partial charge is 0.249 e. The maximum absolute atomic E-state index is 12.9. The molecule has 0 heterocycles. The van der Waals surface area contributed by atoms with Crippen LogP contribution in [0.25, 0.3) is 0 Å². The van der Waals surface area contributed by atoms with E-state index in [1.807, 2.05) is 0 Å². The number of hydrogen-bond donors (Lipinski definition) is 2. The van der Waals surface area contributed by atoms with E-state index in [0.29, 0.717) is 16.3 Å². The maximum Gasteiger partial charge on any atom is 0.249 e. The Balaban J connectivity index is 1.80. The highest BCUT2D eigenvalue weighted by atomic mass is 35.5. The fraction of sp³-hybridized carbons (Fsp3) is 0.0625. The summed E-state index contributed by atoms with van der Waals surface area (Å²) in [6, 6.07) is 12.2. The Labute approximate surface area is 137 Å². The van der Waals surface area contributed by atoms with Gasteiger partial charge in [0.25, 0.3) is 0 Å². The minimum atomic E-state index is -0.580. The lowest BCUT2D eigenvalue weighted by Crippen LogP contribution is -2.24. The monoisotopic (exact) mass is 333 g/mol. The minimum absolute atomic E-state index is 0.386. The van der Waals surface area contributed by atoms with E-state index >= 15 is 0 Å². The molecule has 2 N–H and O–H groups in total. The Morgan fingerprint density at radius 1 is 1.13 bits per heavy atom. The summed E-state index contributed by atoms with van der Waals surface area (Å²) in [7, 11) is 0. The first-order chi connectivity index (χ1) is 11.0. The summed E-state index contributed by atoms with van der Waals surface area (Å²) in [5, 5.41) is 6.77. The molecule has 0 saturated carbocycles. The van der Waals surface area contributed by atoms with Gasteiger partial charge in [-0.25, -0.2) is 9.82 Å². The fourth-order valence-corrected chi connectivity index (χ4v) is 1.82. The molecular weight excluding hydrogens is 321 g/mol. The number of anilines is 1. The fourth-order valence-electron chi connectivity index (χ4n) is 1.69. The third-order valence-electron chi connectivity index (χ3n) is 2.70. The summed E-state index contributed by atoms with van der Waals surface area (Å²) in [4.78, 5) is 23.3. The molecule has 118 valence electrons. The second-order valence-electron chi connectivity index (χ2n) is 4.58. The molecule has 0 radical (unpaired) electrons. The Morgan fingerprint density at radius 2 is 1.87 bits per heavy atom. The van der Waals surface area contributed by atoms with Gasteiger partial charge in [-0.05, 0) is 42.0 Å². The molecule has 0 aliphatic rings. The molecule has 0 aromatic heterocycles. The number of carbonyl (C=O) groups is 2. The number of nitrogens with one attached hydrogen (secondary N) is 2. The molecular formula is C16H13ClFN3O2. The van der Waals surface area contributed by atoms with Crippen molar-refractivity contribution in [2.45, 2.75) is 6.42 Å². The molecule has 0 fully saturated rings. The Kier molecular flexibility index (Phi) is 5.82. The summed E-state index contributed by atoms with van der Waals surface area (Å²) in [6.07, 6.45) is 0.904. The molecule has 0 atom stereocenters. The summed E-state index contributed by atoms with van der Waals surface area (Å²) >= 11 is 5.73. The predicted molar refractivity (Wildman–Crippen MR) is 86.8 cm³/mol. The maximum atomic E-state index is 12.9. The van der Waals surface area contributed by atoms with Gasteiger partial charge in [-0.15, -0.1) is 0 Å². The molecule has 0 aliphatic carbocycles. The van der Waals surface area contributed by atoms with Gasteiger partial charge < -0.3 is 5.32 Å². The molecule has 0 unspecified atom stereocenters. The SMILES string of the molecule is O=C(CC(=O)Nc1ccc(Cl)cc1)N/N=C\c1cccc(F)c1. The number of amides is 2. The predicted octanol–water partition coefficient (Wildman–Crippen LogP) is 2.96. The summed E-state index contributed by atoms with van der Waals surface area (Å²) in [5.41, 5.74) is 3.24. The van der Waals surface area contributed by atoms with Crippen molar-refractivity contribution in [3.63, 3.8) is 0 Å². The van der Waals surface area contributed by atoms with Gasteiger partial charge in [0.2, 0.25) is 11.8 Å². The van der Waals surface area contributed by atoms with Crippen molar-refractivity contribution in [3.05, 3.63) is 64.9 Å². The highest BCUT2D eigenvalue weighted by molar-refractivity contribution is 6.30. The van der Waals surface area contributed by atoms with Gasteiger partial charge in [-0.1, -0.05) is 23.7 Å². The molecule has 2 amide bonds. The zero-order valence-corrected chi connectivity index (χ0v) is 12.7. The first-order valence-electron chi connectivity index (χ1n) is 6.66. The second-order valence-corrected chi connectivity index (χ2v) is 5.02. The van der Waals surface area contributed by atoms with Gasteiger partial charge in [0, 0.05) is 10.7 Å². The largest absolute Gasteiger partial charge is 0.326 e. The third kappa shape index (κ3) is 5.88. The van der Waals surface area contributed by atoms with Crippen molar-refractivity contribution in [2.24, 2.45) is 5.10 Å². The van der Waals surface area contributed by atoms with Crippen molar-refractivity contribution in [1.29, 1.82) is 0 Å². The van der Waals surface area contributed by atoms with E-state index < -0.39 is 17.6 Å². The number of rotatable bonds is 5. The van der Waals surface area contributed by atoms with Crippen LogP contribution in [0.1, 0.15) is 12.0 Å². The van der Waals surface area contributed by atoms with Gasteiger partial charge in [0.05, 0.1) is 6.21 Å². The number of carbonyl (C=O) groups excluding carboxylic acids is 2. The van der Waals surface area contributed by atoms with E-state index in [2.05, 4.69) is 15.8 Å². The number of hydrazone groups is 1. The van der Waals surface area contributed by atoms with Crippen molar-refractivity contribution in [1.82, 2.24) is 5.43 Å². The van der Waals surface area contributed by atoms with E-state index in [4.69, 9.17) is 11.6 Å². The normalized spacial score (nSPS) is 10.5. The lowest BCUT2D eigenvalue weighted by molar-refractivity contribution is -0.126. The number of halogens is 2. The van der Waals surface area contributed by atoms with E-state index in [1.54, 1.807) is 30.3 Å². The summed E-state index contributed by atoms with van der Waals surface area (Å²) < 4.78 is 12.9. The summed E-state index contributed by atoms with van der Waals surface area (Å²) in [5.74, 6) is -1.46. The Morgan fingerprint density at radius 3 is 2.57 bits per heavy atom. The van der Waals surface area contributed by atoms with Crippen LogP contribution in [0.15, 0.2) is 53.6 Å². The molecule has 0 spiro atoms. The minimum Gasteiger partial charge on any atom is -0.326 e. The van der Waals surface area contributed by atoms with E-state index in [9.17, 15) is 14.0 Å². The lowest BCUT2D eigenvalue weighted by atomic mass is 10.2. The lowest BCUT2D eigenvalue weighted by Gasteiger charge is -2.04. The zero-order valence-electron chi connectivity index (χ0n) is 11.9. The van der Waals surface area contributed by atoms with Gasteiger partial charge in [-0.2, -0.15) is 5.10 Å². The number of benzene rings is 2. The van der Waals surface area contributed by atoms with Crippen LogP contribution in [-0.2, 0) is 9.59 Å². The van der Waals surface area contributed by atoms with Gasteiger partial charge in [0.1, 0.15) is 12.2 Å². The highest BCUT2D eigenvalue weighted by Gasteiger charge is 2.08. The van der Waals surface area contributed by atoms with Crippen LogP contribution in [0, 0.1) is 5.82 Å². The van der Waals surface area contributed by atoms with E-state index in [-0.39, 0.29) is 6.42 Å². The van der Waals surface area contributed by atoms with Crippen LogP contribution in [0.3, 0.4) is 0 Å². The second kappa shape index (κ2) is 8.05. The van der Waals surface area contributed by atoms with E-state index in [1.165, 1.54) is 24.4 Å². The average molecular weight is 334 g/mol. The first-order valence-corrected chi connectivity index (χ1v) is 7.03. The standard InChI is InChI=1S/C16H13ClFN3O2/c17-12-4-6-14(7-5-12)20-15(22)9-16(23)21-19-10-11-2-1-3-13(18)8-11/h1-8,10H,9H2,(H,20,22)(H,21,23)/b19-10-. The van der Waals surface area contributed by atoms with Crippen molar-refractivity contribution < 1.29 is 14.0 Å². The van der Waals surface area contributed by atoms with Crippen LogP contribution in [0.2, 0.25) is 5.02 Å². The molecule has 2 rings (SSSR count). The topological polar surface area (TPSA) is 70.6 Å². The van der Waals surface area contributed by atoms with Crippen LogP contribution in [0.5, 0.6) is 0 Å². The van der Waals surface area contributed by atoms with Crippen LogP contribution < -0.4 is 10.7 Å². The number of nitrogens with zero attached hydrogens (tertiary/aromatic N) is 1. The quantitative estimate of drug-likeness (QED) is 0.501. The molecule has 0 saturated heterocycles. The van der Waals surface area contributed by atoms with Crippen LogP contribution in [0.4, 0.5) is 10.1 Å². The van der Waals surface area contributed by atoms with Crippen LogP contribution in [-0.4, -0.2) is 18.0 Å². The van der Waals surface area contributed by atoms with Crippen LogP contribution >= 0.6 is 11.6 Å². The van der Waals surface area contributed by atoms with E-state index in [0.717, 1.165) is 0 Å². The van der Waals surface area contributed by atoms with Crippen molar-refractivity contribution in [2.75, 3.05) is 5.32 Å². The zero-order chi connectivity index (χ0) is 16.7. The summed E-state index contributed by atoms with van der Waals surface area (Å²) in [6.45, 7) is 0. The third-order valence-corrected chi connectivity index (χ3v) is 2.95. The Hall–Kier alpha value is -2.73. The molecule has 7 heteroatoms. The molecule has 2 aromatic rings. The average Bonchev–Trinajstić information content (AvgIpc) is 2.49. The molecule has 5 nitrogen and oxygen atoms in total. The highest BCUT2D eigenvalue weighted by Crippen LogP contribution is 2.13. The van der Waals surface area contributed by atoms with Gasteiger partial charge in [-0.3, -0.25) is 9.59 Å². The van der Waals surface area contributed by atoms with Gasteiger partial charge >= 0.3 is 0 Å². The molecule has 0 aliphatic heterocycles. The van der Waals surface area contributed by atoms with Crippen molar-refractivity contribution in [3.8, 4) is 0 Å². The number of hydrogen-bond acceptors (Lipinski definition) is 3. The molecule has 0 bridgehead atoms. The van der Waals surface area contributed by atoms with Gasteiger partial charge in [0.15, 0.2) is 0 Å². The van der Waals surface area contributed by atoms with Crippen molar-refractivity contribution >= 4 is 35.3 Å². The molecule has 23 heavy (non-hydrogen) atoms. The molecule has 2 aromatic carbocycles. The Bertz CT molecular complexity index is 732. The first kappa shape index (κ1) is 16.6.